The summed E-state index contributed by atoms with van der Waals surface area (Å²) in [5.74, 6) is 1.89. The minimum Gasteiger partial charge on any atom is -0.232 e. The summed E-state index contributed by atoms with van der Waals surface area (Å²) in [6.45, 7) is 0. The second-order valence-electron chi connectivity index (χ2n) is 15.1. The largest absolute Gasteiger partial charge is 0.232 e. The molecule has 2 aromatic heterocycles. The van der Waals surface area contributed by atoms with Crippen molar-refractivity contribution in [2.45, 2.75) is 0 Å². The standard InChI is InChI=1S/C56H37N5/c1-5-15-38(16-6-1)39-25-29-45(30-26-39)55-57-54(44-21-11-4-12-22-44)58-56(59-55)46-31-27-40(28-32-46)41-33-35-48(36-34-41)61-53-49-24-14-13-23-47(49)37-50(42-17-7-2-8-18-42)51(53)52(60-61)43-19-9-3-10-20-43/h1-37H. The van der Waals surface area contributed by atoms with Crippen LogP contribution in [0.15, 0.2) is 224 Å². The van der Waals surface area contributed by atoms with Gasteiger partial charge in [0.2, 0.25) is 0 Å². The molecule has 286 valence electrons. The molecule has 0 saturated heterocycles. The lowest BCUT2D eigenvalue weighted by Crippen LogP contribution is -2.00. The van der Waals surface area contributed by atoms with Crippen LogP contribution in [-0.4, -0.2) is 24.7 Å². The van der Waals surface area contributed by atoms with Gasteiger partial charge in [0.15, 0.2) is 17.5 Å². The van der Waals surface area contributed by atoms with Gasteiger partial charge in [-0.1, -0.05) is 206 Å². The Labute approximate surface area is 354 Å². The fourth-order valence-electron chi connectivity index (χ4n) is 8.22. The highest BCUT2D eigenvalue weighted by Crippen LogP contribution is 2.42. The summed E-state index contributed by atoms with van der Waals surface area (Å²) in [7, 11) is 0. The summed E-state index contributed by atoms with van der Waals surface area (Å²) in [4.78, 5) is 14.9. The highest BCUT2D eigenvalue weighted by Gasteiger charge is 2.21. The average molecular weight is 780 g/mol. The Balaban J connectivity index is 0.962. The van der Waals surface area contributed by atoms with E-state index in [1.54, 1.807) is 0 Å². The summed E-state index contributed by atoms with van der Waals surface area (Å²) in [6.07, 6.45) is 0. The number of hydrogen-bond donors (Lipinski definition) is 0. The highest BCUT2D eigenvalue weighted by molar-refractivity contribution is 6.17. The van der Waals surface area contributed by atoms with Gasteiger partial charge in [0.05, 0.1) is 11.2 Å². The van der Waals surface area contributed by atoms with Crippen LogP contribution in [-0.2, 0) is 0 Å². The molecule has 0 radical (unpaired) electrons. The fraction of sp³-hybridized carbons (Fsp3) is 0. The third kappa shape index (κ3) is 6.84. The molecule has 0 aliphatic carbocycles. The minimum absolute atomic E-state index is 0.625. The zero-order valence-corrected chi connectivity index (χ0v) is 33.1. The molecular formula is C56H37N5. The van der Waals surface area contributed by atoms with Gasteiger partial charge in [-0.15, -0.1) is 0 Å². The van der Waals surface area contributed by atoms with E-state index >= 15 is 0 Å². The summed E-state index contributed by atoms with van der Waals surface area (Å²) < 4.78 is 2.12. The van der Waals surface area contributed by atoms with Gasteiger partial charge in [-0.2, -0.15) is 5.10 Å². The van der Waals surface area contributed by atoms with Crippen molar-refractivity contribution >= 4 is 21.7 Å². The summed E-state index contributed by atoms with van der Waals surface area (Å²) in [5, 5.41) is 8.86. The maximum Gasteiger partial charge on any atom is 0.164 e. The van der Waals surface area contributed by atoms with Crippen molar-refractivity contribution in [1.29, 1.82) is 0 Å². The monoisotopic (exact) mass is 779 g/mol. The third-order valence-electron chi connectivity index (χ3n) is 11.3. The molecule has 5 heteroatoms. The van der Waals surface area contributed by atoms with Crippen LogP contribution in [0.4, 0.5) is 0 Å². The molecule has 0 fully saturated rings. The van der Waals surface area contributed by atoms with Crippen LogP contribution in [0, 0.1) is 0 Å². The van der Waals surface area contributed by atoms with Gasteiger partial charge in [0, 0.05) is 33.0 Å². The number of rotatable bonds is 8. The van der Waals surface area contributed by atoms with E-state index in [-0.39, 0.29) is 0 Å². The minimum atomic E-state index is 0.625. The van der Waals surface area contributed by atoms with E-state index in [1.807, 2.05) is 36.4 Å². The lowest BCUT2D eigenvalue weighted by molar-refractivity contribution is 0.918. The molecule has 5 nitrogen and oxygen atoms in total. The number of benzene rings is 9. The Hall–Kier alpha value is -8.28. The maximum absolute atomic E-state index is 5.39. The molecule has 0 N–H and O–H groups in total. The van der Waals surface area contributed by atoms with E-state index in [0.29, 0.717) is 17.5 Å². The van der Waals surface area contributed by atoms with Crippen LogP contribution < -0.4 is 0 Å². The summed E-state index contributed by atoms with van der Waals surface area (Å²) in [5.41, 5.74) is 13.7. The van der Waals surface area contributed by atoms with Gasteiger partial charge >= 0.3 is 0 Å². The topological polar surface area (TPSA) is 56.5 Å². The van der Waals surface area contributed by atoms with Gasteiger partial charge in [-0.05, 0) is 57.0 Å². The van der Waals surface area contributed by atoms with Gasteiger partial charge in [0.25, 0.3) is 0 Å². The van der Waals surface area contributed by atoms with Crippen molar-refractivity contribution in [3.63, 3.8) is 0 Å². The highest BCUT2D eigenvalue weighted by atomic mass is 15.3. The van der Waals surface area contributed by atoms with Crippen molar-refractivity contribution in [3.05, 3.63) is 224 Å². The smallest absolute Gasteiger partial charge is 0.164 e. The van der Waals surface area contributed by atoms with E-state index < -0.39 is 0 Å². The number of fused-ring (bicyclic) bond motifs is 3. The van der Waals surface area contributed by atoms with Gasteiger partial charge < -0.3 is 0 Å². The normalized spacial score (nSPS) is 11.3. The molecule has 0 atom stereocenters. The van der Waals surface area contributed by atoms with E-state index in [1.165, 1.54) is 16.5 Å². The zero-order chi connectivity index (χ0) is 40.5. The summed E-state index contributed by atoms with van der Waals surface area (Å²) in [6, 6.07) is 78.1. The van der Waals surface area contributed by atoms with Gasteiger partial charge in [-0.3, -0.25) is 0 Å². The fourth-order valence-corrected chi connectivity index (χ4v) is 8.22. The van der Waals surface area contributed by atoms with Crippen LogP contribution in [0.25, 0.3) is 106 Å². The number of hydrogen-bond acceptors (Lipinski definition) is 4. The first-order valence-electron chi connectivity index (χ1n) is 20.5. The van der Waals surface area contributed by atoms with E-state index in [4.69, 9.17) is 20.1 Å². The molecule has 0 saturated carbocycles. The Morgan fingerprint density at radius 3 is 1.21 bits per heavy atom. The molecule has 0 unspecified atom stereocenters. The lowest BCUT2D eigenvalue weighted by atomic mass is 9.94. The molecule has 9 aromatic carbocycles. The maximum atomic E-state index is 5.39. The molecule has 0 bridgehead atoms. The first-order valence-corrected chi connectivity index (χ1v) is 20.5. The van der Waals surface area contributed by atoms with Crippen LogP contribution in [0.1, 0.15) is 0 Å². The van der Waals surface area contributed by atoms with Gasteiger partial charge in [-0.25, -0.2) is 19.6 Å². The van der Waals surface area contributed by atoms with E-state index in [2.05, 4.69) is 193 Å². The van der Waals surface area contributed by atoms with E-state index in [0.717, 1.165) is 72.2 Å². The van der Waals surface area contributed by atoms with Crippen LogP contribution in [0.2, 0.25) is 0 Å². The van der Waals surface area contributed by atoms with Crippen molar-refractivity contribution < 1.29 is 0 Å². The molecule has 0 amide bonds. The number of aromatic nitrogens is 5. The Kier molecular flexibility index (Phi) is 9.10. The molecule has 11 rings (SSSR count). The Bertz CT molecular complexity index is 3290. The molecule has 11 aromatic rings. The van der Waals surface area contributed by atoms with Crippen LogP contribution in [0.5, 0.6) is 0 Å². The van der Waals surface area contributed by atoms with Crippen LogP contribution in [0.3, 0.4) is 0 Å². The molecule has 0 aliphatic rings. The molecular weight excluding hydrogens is 743 g/mol. The quantitative estimate of drug-likeness (QED) is 0.154. The van der Waals surface area contributed by atoms with Crippen molar-refractivity contribution in [3.8, 4) is 84.5 Å². The summed E-state index contributed by atoms with van der Waals surface area (Å²) >= 11 is 0. The van der Waals surface area contributed by atoms with Crippen molar-refractivity contribution in [2.24, 2.45) is 0 Å². The third-order valence-corrected chi connectivity index (χ3v) is 11.3. The Morgan fingerprint density at radius 1 is 0.311 bits per heavy atom. The van der Waals surface area contributed by atoms with Crippen molar-refractivity contribution in [2.75, 3.05) is 0 Å². The second-order valence-corrected chi connectivity index (χ2v) is 15.1. The Morgan fingerprint density at radius 2 is 0.689 bits per heavy atom. The average Bonchev–Trinajstić information content (AvgIpc) is 3.76. The molecule has 61 heavy (non-hydrogen) atoms. The molecule has 0 aliphatic heterocycles. The van der Waals surface area contributed by atoms with Gasteiger partial charge in [0.1, 0.15) is 5.69 Å². The zero-order valence-electron chi connectivity index (χ0n) is 33.1. The lowest BCUT2D eigenvalue weighted by Gasteiger charge is -2.11. The number of nitrogens with zero attached hydrogens (tertiary/aromatic N) is 5. The van der Waals surface area contributed by atoms with Crippen LogP contribution >= 0.6 is 0 Å². The molecule has 2 heterocycles. The SMILES string of the molecule is c1ccc(-c2ccc(-c3nc(-c4ccccc4)nc(-c4ccc(-c5ccc(-n6nc(-c7ccccc7)c7c(-c8ccccc8)cc8ccccc8c76)cc5)cc4)n3)cc2)cc1. The molecule has 0 spiro atoms. The van der Waals surface area contributed by atoms with Crippen molar-refractivity contribution in [1.82, 2.24) is 24.7 Å². The first-order chi connectivity index (χ1) is 30.2. The first kappa shape index (κ1) is 35.8. The predicted molar refractivity (Wildman–Crippen MR) is 250 cm³/mol. The predicted octanol–water partition coefficient (Wildman–Crippen LogP) is 14.0. The second kappa shape index (κ2) is 15.5. The van der Waals surface area contributed by atoms with E-state index in [9.17, 15) is 0 Å².